The zero-order valence-electron chi connectivity index (χ0n) is 11.5. The van der Waals surface area contributed by atoms with Crippen molar-refractivity contribution >= 4 is 29.2 Å². The molecule has 0 radical (unpaired) electrons. The summed E-state index contributed by atoms with van der Waals surface area (Å²) >= 11 is 5.83. The number of hydrogen-bond donors (Lipinski definition) is 3. The fourth-order valence-corrected chi connectivity index (χ4v) is 2.32. The Morgan fingerprint density at radius 3 is 2.76 bits per heavy atom. The molecule has 0 spiro atoms. The highest BCUT2D eigenvalue weighted by atomic mass is 35.5. The molecule has 1 aliphatic heterocycles. The summed E-state index contributed by atoms with van der Waals surface area (Å²) in [6, 6.07) is 6.48. The van der Waals surface area contributed by atoms with E-state index in [1.807, 2.05) is 0 Å². The number of anilines is 1. The highest BCUT2D eigenvalue weighted by Gasteiger charge is 2.31. The van der Waals surface area contributed by atoms with Crippen LogP contribution in [0.4, 0.5) is 10.5 Å². The number of nitrogens with zero attached hydrogens (tertiary/aromatic N) is 1. The molecule has 1 heterocycles. The van der Waals surface area contributed by atoms with Gasteiger partial charge in [-0.1, -0.05) is 11.6 Å². The van der Waals surface area contributed by atoms with E-state index in [1.165, 1.54) is 0 Å². The lowest BCUT2D eigenvalue weighted by molar-refractivity contribution is -0.117. The number of nitrogens with one attached hydrogen (secondary N) is 2. The zero-order chi connectivity index (χ0) is 15.2. The van der Waals surface area contributed by atoms with Gasteiger partial charge in [-0.2, -0.15) is 0 Å². The van der Waals surface area contributed by atoms with Crippen LogP contribution in [0.2, 0.25) is 5.02 Å². The Morgan fingerprint density at radius 2 is 2.10 bits per heavy atom. The second-order valence-electron chi connectivity index (χ2n) is 4.86. The Kier molecular flexibility index (Phi) is 5.41. The lowest BCUT2D eigenvalue weighted by Crippen LogP contribution is -2.43. The first kappa shape index (κ1) is 15.6. The molecule has 21 heavy (non-hydrogen) atoms. The first-order valence-electron chi connectivity index (χ1n) is 6.81. The van der Waals surface area contributed by atoms with E-state index in [0.29, 0.717) is 24.5 Å². The average Bonchev–Trinajstić information content (AvgIpc) is 2.80. The highest BCUT2D eigenvalue weighted by Crippen LogP contribution is 2.23. The molecule has 1 fully saturated rings. The lowest BCUT2D eigenvalue weighted by atomic mass is 10.2. The minimum absolute atomic E-state index is 0.0296. The summed E-state index contributed by atoms with van der Waals surface area (Å²) in [6.45, 7) is 0.879. The first-order valence-corrected chi connectivity index (χ1v) is 7.19. The van der Waals surface area contributed by atoms with E-state index in [0.717, 1.165) is 5.69 Å². The summed E-state index contributed by atoms with van der Waals surface area (Å²) in [7, 11) is 0. The maximum atomic E-state index is 12.0. The minimum Gasteiger partial charge on any atom is -0.396 e. The van der Waals surface area contributed by atoms with Crippen molar-refractivity contribution in [1.82, 2.24) is 10.6 Å². The number of carbonyl (C=O) groups is 2. The van der Waals surface area contributed by atoms with E-state index in [2.05, 4.69) is 10.6 Å². The number of aliphatic hydroxyl groups excluding tert-OH is 1. The molecule has 2 rings (SSSR count). The van der Waals surface area contributed by atoms with Crippen LogP contribution in [0, 0.1) is 0 Å². The molecule has 3 amide bonds. The van der Waals surface area contributed by atoms with E-state index in [4.69, 9.17) is 16.7 Å². The van der Waals surface area contributed by atoms with Gasteiger partial charge in [-0.25, -0.2) is 4.79 Å². The maximum Gasteiger partial charge on any atom is 0.315 e. The van der Waals surface area contributed by atoms with Crippen molar-refractivity contribution in [3.05, 3.63) is 29.3 Å². The largest absolute Gasteiger partial charge is 0.396 e. The molecule has 0 aliphatic carbocycles. The predicted octanol–water partition coefficient (Wildman–Crippen LogP) is 1.13. The van der Waals surface area contributed by atoms with Crippen LogP contribution in [0.1, 0.15) is 12.8 Å². The van der Waals surface area contributed by atoms with E-state index in [1.54, 1.807) is 29.2 Å². The molecule has 0 aromatic heterocycles. The predicted molar refractivity (Wildman–Crippen MR) is 80.4 cm³/mol. The number of urea groups is 1. The summed E-state index contributed by atoms with van der Waals surface area (Å²) in [5.41, 5.74) is 0.773. The monoisotopic (exact) mass is 311 g/mol. The van der Waals surface area contributed by atoms with E-state index in [9.17, 15) is 9.59 Å². The van der Waals surface area contributed by atoms with Gasteiger partial charge in [-0.15, -0.1) is 0 Å². The summed E-state index contributed by atoms with van der Waals surface area (Å²) in [6.07, 6.45) is 0.782. The Balaban J connectivity index is 1.87. The molecule has 0 bridgehead atoms. The van der Waals surface area contributed by atoms with Crippen LogP contribution < -0.4 is 15.5 Å². The molecule has 1 aliphatic rings. The van der Waals surface area contributed by atoms with Gasteiger partial charge in [0.25, 0.3) is 0 Å². The zero-order valence-corrected chi connectivity index (χ0v) is 12.3. The quantitative estimate of drug-likeness (QED) is 0.713. The summed E-state index contributed by atoms with van der Waals surface area (Å²) < 4.78 is 0. The molecule has 1 atom stereocenters. The van der Waals surface area contributed by atoms with Crippen molar-refractivity contribution in [3.8, 4) is 0 Å². The van der Waals surface area contributed by atoms with Gasteiger partial charge in [-0.3, -0.25) is 4.79 Å². The molecule has 7 heteroatoms. The molecule has 1 aromatic rings. The molecule has 1 aromatic carbocycles. The number of amides is 3. The Labute approximate surface area is 128 Å². The molecule has 1 saturated heterocycles. The van der Waals surface area contributed by atoms with Gasteiger partial charge in [0.1, 0.15) is 0 Å². The maximum absolute atomic E-state index is 12.0. The van der Waals surface area contributed by atoms with Crippen LogP contribution in [0.25, 0.3) is 0 Å². The summed E-state index contributed by atoms with van der Waals surface area (Å²) in [5.74, 6) is -0.0296. The third kappa shape index (κ3) is 4.34. The Morgan fingerprint density at radius 1 is 1.38 bits per heavy atom. The van der Waals surface area contributed by atoms with E-state index >= 15 is 0 Å². The Hall–Kier alpha value is -1.79. The van der Waals surface area contributed by atoms with Gasteiger partial charge >= 0.3 is 6.03 Å². The van der Waals surface area contributed by atoms with Crippen LogP contribution in [-0.4, -0.2) is 42.8 Å². The van der Waals surface area contributed by atoms with Gasteiger partial charge in [0.15, 0.2) is 0 Å². The molecule has 6 nitrogen and oxygen atoms in total. The fourth-order valence-electron chi connectivity index (χ4n) is 2.19. The van der Waals surface area contributed by atoms with Gasteiger partial charge < -0.3 is 20.6 Å². The number of hydrogen-bond acceptors (Lipinski definition) is 3. The van der Waals surface area contributed by atoms with Crippen LogP contribution in [0.15, 0.2) is 24.3 Å². The molecular weight excluding hydrogens is 294 g/mol. The third-order valence-corrected chi connectivity index (χ3v) is 3.47. The van der Waals surface area contributed by atoms with E-state index in [-0.39, 0.29) is 31.0 Å². The van der Waals surface area contributed by atoms with Crippen molar-refractivity contribution in [2.75, 3.05) is 24.6 Å². The van der Waals surface area contributed by atoms with Gasteiger partial charge in [-0.05, 0) is 30.7 Å². The van der Waals surface area contributed by atoms with Crippen LogP contribution in [-0.2, 0) is 4.79 Å². The standard InChI is InChI=1S/C14H18ClN3O3/c15-10-2-4-12(5-3-10)18-9-11(8-13(18)20)17-14(21)16-6-1-7-19/h2-5,11,19H,1,6-9H2,(H2,16,17,21)/t11-/m0/s1. The van der Waals surface area contributed by atoms with Crippen molar-refractivity contribution in [2.45, 2.75) is 18.9 Å². The average molecular weight is 312 g/mol. The van der Waals surface area contributed by atoms with Crippen molar-refractivity contribution in [2.24, 2.45) is 0 Å². The van der Waals surface area contributed by atoms with Crippen LogP contribution in [0.3, 0.4) is 0 Å². The Bertz CT molecular complexity index is 507. The second-order valence-corrected chi connectivity index (χ2v) is 5.30. The number of halogens is 1. The smallest absolute Gasteiger partial charge is 0.315 e. The SMILES string of the molecule is O=C(NCCCO)N[C@H]1CC(=O)N(c2ccc(Cl)cc2)C1. The van der Waals surface area contributed by atoms with Crippen molar-refractivity contribution in [3.63, 3.8) is 0 Å². The minimum atomic E-state index is -0.320. The molecule has 114 valence electrons. The van der Waals surface area contributed by atoms with Crippen LogP contribution in [0.5, 0.6) is 0 Å². The van der Waals surface area contributed by atoms with E-state index < -0.39 is 0 Å². The molecule has 0 unspecified atom stereocenters. The lowest BCUT2D eigenvalue weighted by Gasteiger charge is -2.17. The molecular formula is C14H18ClN3O3. The number of rotatable bonds is 5. The topological polar surface area (TPSA) is 81.7 Å². The normalized spacial score (nSPS) is 17.9. The van der Waals surface area contributed by atoms with Gasteiger partial charge in [0, 0.05) is 36.8 Å². The fraction of sp³-hybridized carbons (Fsp3) is 0.429. The number of carbonyl (C=O) groups excluding carboxylic acids is 2. The summed E-state index contributed by atoms with van der Waals surface area (Å²) in [4.78, 5) is 25.3. The van der Waals surface area contributed by atoms with Gasteiger partial charge in [0.05, 0.1) is 6.04 Å². The summed E-state index contributed by atoms with van der Waals surface area (Å²) in [5, 5.41) is 14.6. The third-order valence-electron chi connectivity index (χ3n) is 3.22. The first-order chi connectivity index (χ1) is 10.1. The molecule has 0 saturated carbocycles. The number of benzene rings is 1. The molecule has 3 N–H and O–H groups in total. The highest BCUT2D eigenvalue weighted by molar-refractivity contribution is 6.30. The number of aliphatic hydroxyl groups is 1. The van der Waals surface area contributed by atoms with Gasteiger partial charge in [0.2, 0.25) is 5.91 Å². The van der Waals surface area contributed by atoms with Crippen molar-refractivity contribution < 1.29 is 14.7 Å². The van der Waals surface area contributed by atoms with Crippen LogP contribution >= 0.6 is 11.6 Å². The second kappa shape index (κ2) is 7.28. The van der Waals surface area contributed by atoms with Crippen molar-refractivity contribution in [1.29, 1.82) is 0 Å².